The molecule has 2 nitrogen and oxygen atoms in total. The Morgan fingerprint density at radius 1 is 0.810 bits per heavy atom. The molecule has 2 aromatic rings. The molecular weight excluding hydrogens is 293 g/mol. The highest BCUT2D eigenvalue weighted by Crippen LogP contribution is 2.51. The summed E-state index contributed by atoms with van der Waals surface area (Å²) in [6, 6.07) is 9.44. The second kappa shape index (κ2) is 5.07. The summed E-state index contributed by atoms with van der Waals surface area (Å²) in [4.78, 5) is 3.48. The number of aromatic nitrogens is 1. The summed E-state index contributed by atoms with van der Waals surface area (Å²) in [5, 5.41) is 10.3. The lowest BCUT2D eigenvalue weighted by Gasteiger charge is -2.36. The first-order valence-corrected chi connectivity index (χ1v) is 5.85. The van der Waals surface area contributed by atoms with E-state index in [0.29, 0.717) is 0 Å². The van der Waals surface area contributed by atoms with E-state index in [-0.39, 0.29) is 0 Å². The maximum Gasteiger partial charge on any atom is 0.457 e. The van der Waals surface area contributed by atoms with Crippen molar-refractivity contribution in [2.75, 3.05) is 0 Å². The average Bonchev–Trinajstić information content (AvgIpc) is 2.47. The van der Waals surface area contributed by atoms with Gasteiger partial charge in [-0.2, -0.15) is 22.0 Å². The molecule has 0 unspecified atom stereocenters. The number of benzene rings is 1. The summed E-state index contributed by atoms with van der Waals surface area (Å²) in [5.74, 6) is -5.41. The molecule has 0 bridgehead atoms. The average molecular weight is 303 g/mol. The summed E-state index contributed by atoms with van der Waals surface area (Å²) in [5.41, 5.74) is -4.97. The molecule has 0 saturated carbocycles. The zero-order valence-electron chi connectivity index (χ0n) is 10.5. The molecular formula is C14H10F5NO. The normalized spacial score (nSPS) is 15.5. The van der Waals surface area contributed by atoms with Gasteiger partial charge in [-0.15, -0.1) is 0 Å². The summed E-state index contributed by atoms with van der Waals surface area (Å²) < 4.78 is 66.2. The van der Waals surface area contributed by atoms with Crippen LogP contribution in [-0.4, -0.2) is 22.2 Å². The first-order chi connectivity index (χ1) is 9.71. The Morgan fingerprint density at radius 2 is 1.38 bits per heavy atom. The second-order valence-corrected chi connectivity index (χ2v) is 4.36. The van der Waals surface area contributed by atoms with Crippen LogP contribution in [0.25, 0.3) is 0 Å². The molecule has 1 N–H and O–H groups in total. The van der Waals surface area contributed by atoms with E-state index in [1.807, 2.05) is 0 Å². The predicted octanol–water partition coefficient (Wildman–Crippen LogP) is 3.52. The highest BCUT2D eigenvalue weighted by Gasteiger charge is 2.71. The number of alkyl halides is 5. The van der Waals surface area contributed by atoms with Gasteiger partial charge < -0.3 is 5.11 Å². The summed E-state index contributed by atoms with van der Waals surface area (Å²) in [7, 11) is 0. The van der Waals surface area contributed by atoms with Gasteiger partial charge >= 0.3 is 12.1 Å². The molecule has 2 rings (SSSR count). The Kier molecular flexibility index (Phi) is 3.71. The van der Waals surface area contributed by atoms with Crippen molar-refractivity contribution in [3.8, 4) is 0 Å². The molecule has 1 atom stereocenters. The van der Waals surface area contributed by atoms with Crippen LogP contribution in [0, 0.1) is 0 Å². The third kappa shape index (κ3) is 2.37. The van der Waals surface area contributed by atoms with Crippen LogP contribution in [0.4, 0.5) is 22.0 Å². The molecule has 0 amide bonds. The van der Waals surface area contributed by atoms with Crippen molar-refractivity contribution >= 4 is 0 Å². The number of hydrogen-bond donors (Lipinski definition) is 1. The number of rotatable bonds is 3. The van der Waals surface area contributed by atoms with Gasteiger partial charge in [-0.25, -0.2) is 0 Å². The van der Waals surface area contributed by atoms with E-state index >= 15 is 0 Å². The largest absolute Gasteiger partial charge is 0.457 e. The van der Waals surface area contributed by atoms with Crippen LogP contribution in [0.2, 0.25) is 0 Å². The molecule has 21 heavy (non-hydrogen) atoms. The highest BCUT2D eigenvalue weighted by atomic mass is 19.4. The van der Waals surface area contributed by atoms with Crippen molar-refractivity contribution in [1.82, 2.24) is 4.98 Å². The Labute approximate surface area is 116 Å². The van der Waals surface area contributed by atoms with E-state index in [0.717, 1.165) is 24.4 Å². The lowest BCUT2D eigenvalue weighted by atomic mass is 9.83. The van der Waals surface area contributed by atoms with E-state index in [9.17, 15) is 27.1 Å². The minimum atomic E-state index is -5.94. The minimum Gasteiger partial charge on any atom is -0.373 e. The molecule has 0 aliphatic rings. The van der Waals surface area contributed by atoms with E-state index in [4.69, 9.17) is 0 Å². The Bertz CT molecular complexity index is 558. The number of halogens is 5. The predicted molar refractivity (Wildman–Crippen MR) is 64.7 cm³/mol. The zero-order chi connectivity index (χ0) is 15.7. The van der Waals surface area contributed by atoms with Gasteiger partial charge in [-0.1, -0.05) is 36.4 Å². The topological polar surface area (TPSA) is 33.1 Å². The van der Waals surface area contributed by atoms with E-state index in [2.05, 4.69) is 4.98 Å². The van der Waals surface area contributed by atoms with E-state index in [1.54, 1.807) is 0 Å². The molecule has 112 valence electrons. The van der Waals surface area contributed by atoms with Gasteiger partial charge in [-0.05, 0) is 17.7 Å². The minimum absolute atomic E-state index is 0.592. The van der Waals surface area contributed by atoms with Crippen molar-refractivity contribution in [2.24, 2.45) is 0 Å². The monoisotopic (exact) mass is 303 g/mol. The summed E-state index contributed by atoms with van der Waals surface area (Å²) in [6.45, 7) is 0. The van der Waals surface area contributed by atoms with Crippen LogP contribution in [0.1, 0.15) is 11.3 Å². The lowest BCUT2D eigenvalue weighted by molar-refractivity contribution is -0.337. The smallest absolute Gasteiger partial charge is 0.373 e. The maximum atomic E-state index is 13.9. The lowest BCUT2D eigenvalue weighted by Crippen LogP contribution is -2.56. The molecule has 1 aromatic heterocycles. The molecule has 0 aliphatic carbocycles. The van der Waals surface area contributed by atoms with Gasteiger partial charge in [0.05, 0.1) is 5.69 Å². The van der Waals surface area contributed by atoms with Crippen LogP contribution in [0.15, 0.2) is 54.7 Å². The number of nitrogens with zero attached hydrogens (tertiary/aromatic N) is 1. The van der Waals surface area contributed by atoms with Crippen LogP contribution >= 0.6 is 0 Å². The molecule has 0 fully saturated rings. The highest BCUT2D eigenvalue weighted by molar-refractivity contribution is 5.36. The van der Waals surface area contributed by atoms with Crippen molar-refractivity contribution in [2.45, 2.75) is 17.7 Å². The van der Waals surface area contributed by atoms with Gasteiger partial charge in [-0.3, -0.25) is 4.98 Å². The third-order valence-electron chi connectivity index (χ3n) is 3.04. The second-order valence-electron chi connectivity index (χ2n) is 4.36. The van der Waals surface area contributed by atoms with Gasteiger partial charge in [0.15, 0.2) is 0 Å². The zero-order valence-corrected chi connectivity index (χ0v) is 10.5. The van der Waals surface area contributed by atoms with Crippen LogP contribution in [0.3, 0.4) is 0 Å². The fraction of sp³-hybridized carbons (Fsp3) is 0.214. The quantitative estimate of drug-likeness (QED) is 0.880. The van der Waals surface area contributed by atoms with Crippen molar-refractivity contribution in [3.05, 3.63) is 66.0 Å². The molecule has 7 heteroatoms. The molecule has 1 aromatic carbocycles. The first-order valence-electron chi connectivity index (χ1n) is 5.85. The first kappa shape index (κ1) is 15.4. The van der Waals surface area contributed by atoms with Crippen molar-refractivity contribution in [3.63, 3.8) is 0 Å². The SMILES string of the molecule is O[C@](c1ccccc1)(c1ccccn1)C(F)(F)C(F)(F)F. The molecule has 0 saturated heterocycles. The Balaban J connectivity index is 2.73. The fourth-order valence-electron chi connectivity index (χ4n) is 1.95. The van der Waals surface area contributed by atoms with E-state index in [1.165, 1.54) is 30.3 Å². The Morgan fingerprint density at radius 3 is 1.86 bits per heavy atom. The summed E-state index contributed by atoms with van der Waals surface area (Å²) in [6.07, 6.45) is -4.90. The van der Waals surface area contributed by atoms with Gasteiger partial charge in [0.25, 0.3) is 0 Å². The van der Waals surface area contributed by atoms with Gasteiger partial charge in [0, 0.05) is 6.20 Å². The molecule has 0 radical (unpaired) electrons. The van der Waals surface area contributed by atoms with Gasteiger partial charge in [0.2, 0.25) is 5.60 Å². The fourth-order valence-corrected chi connectivity index (χ4v) is 1.95. The van der Waals surface area contributed by atoms with E-state index < -0.39 is 29.0 Å². The van der Waals surface area contributed by atoms with Crippen LogP contribution in [-0.2, 0) is 5.60 Å². The molecule has 0 spiro atoms. The standard InChI is InChI=1S/C14H10F5NO/c15-13(16,14(17,18)19)12(21,10-6-2-1-3-7-10)11-8-4-5-9-20-11/h1-9,21H/t12-/m1/s1. The number of pyridine rings is 1. The number of aliphatic hydroxyl groups is 1. The Hall–Kier alpha value is -2.02. The van der Waals surface area contributed by atoms with Crippen LogP contribution < -0.4 is 0 Å². The molecule has 0 aliphatic heterocycles. The van der Waals surface area contributed by atoms with Crippen LogP contribution in [0.5, 0.6) is 0 Å². The molecule has 1 heterocycles. The summed E-state index contributed by atoms with van der Waals surface area (Å²) >= 11 is 0. The number of hydrogen-bond acceptors (Lipinski definition) is 2. The van der Waals surface area contributed by atoms with Gasteiger partial charge in [0.1, 0.15) is 0 Å². The maximum absolute atomic E-state index is 13.9. The van der Waals surface area contributed by atoms with Crippen molar-refractivity contribution in [1.29, 1.82) is 0 Å². The van der Waals surface area contributed by atoms with Crippen molar-refractivity contribution < 1.29 is 27.1 Å². The third-order valence-corrected chi connectivity index (χ3v) is 3.04.